The molecule has 2 aromatic heterocycles. The lowest BCUT2D eigenvalue weighted by atomic mass is 10.2. The van der Waals surface area contributed by atoms with Gasteiger partial charge in [0, 0.05) is 11.1 Å². The number of nitrogens with zero attached hydrogens (tertiary/aromatic N) is 3. The first-order chi connectivity index (χ1) is 13.7. The zero-order valence-electron chi connectivity index (χ0n) is 15.2. The van der Waals surface area contributed by atoms with Gasteiger partial charge < -0.3 is 4.74 Å². The van der Waals surface area contributed by atoms with E-state index in [-0.39, 0.29) is 16.2 Å². The summed E-state index contributed by atoms with van der Waals surface area (Å²) in [4.78, 5) is 29.6. The van der Waals surface area contributed by atoms with Crippen LogP contribution in [0.25, 0.3) is 22.3 Å². The van der Waals surface area contributed by atoms with E-state index >= 15 is 0 Å². The average molecular weight is 391 g/mol. The van der Waals surface area contributed by atoms with Crippen molar-refractivity contribution in [1.82, 2.24) is 14.6 Å². The number of rotatable bonds is 5. The summed E-state index contributed by atoms with van der Waals surface area (Å²) < 4.78 is 7.38. The van der Waals surface area contributed by atoms with Gasteiger partial charge in [-0.1, -0.05) is 66.8 Å². The van der Waals surface area contributed by atoms with Crippen LogP contribution in [0.15, 0.2) is 64.2 Å². The third-order valence-corrected chi connectivity index (χ3v) is 5.06. The molecule has 0 radical (unpaired) electrons. The van der Waals surface area contributed by atoms with Crippen LogP contribution in [0.4, 0.5) is 0 Å². The molecule has 0 atom stereocenters. The van der Waals surface area contributed by atoms with Gasteiger partial charge in [0.15, 0.2) is 5.69 Å². The van der Waals surface area contributed by atoms with E-state index in [9.17, 15) is 9.59 Å². The molecule has 28 heavy (non-hydrogen) atoms. The first-order valence-corrected chi connectivity index (χ1v) is 9.72. The van der Waals surface area contributed by atoms with Crippen LogP contribution >= 0.6 is 11.3 Å². The quantitative estimate of drug-likeness (QED) is 0.523. The predicted octanol–water partition coefficient (Wildman–Crippen LogP) is 2.51. The lowest BCUT2D eigenvalue weighted by molar-refractivity contribution is 0.317. The number of ether oxygens (including phenoxy) is 1. The van der Waals surface area contributed by atoms with E-state index in [0.29, 0.717) is 22.5 Å². The molecule has 2 aromatic carbocycles. The molecule has 0 spiro atoms. The van der Waals surface area contributed by atoms with Gasteiger partial charge in [-0.15, -0.1) is 0 Å². The van der Waals surface area contributed by atoms with Gasteiger partial charge in [0.25, 0.3) is 5.56 Å². The minimum Gasteiger partial charge on any atom is -0.493 e. The second-order valence-corrected chi connectivity index (χ2v) is 7.14. The molecule has 0 saturated carbocycles. The van der Waals surface area contributed by atoms with Crippen molar-refractivity contribution in [3.05, 3.63) is 85.4 Å². The standard InChI is InChI=1S/C21H17N3O3S/c1-2-12-27-16-11-7-6-10-15(16)13-17-20(26)24-21(28-17)22-19(25)18(23-24)14-8-4-3-5-9-14/h3-11,13H,2,12H2,1H3/b17-13+. The van der Waals surface area contributed by atoms with E-state index in [4.69, 9.17) is 4.74 Å². The summed E-state index contributed by atoms with van der Waals surface area (Å²) >= 11 is 1.14. The fraction of sp³-hybridized carbons (Fsp3) is 0.143. The number of hydrogen-bond acceptors (Lipinski definition) is 6. The van der Waals surface area contributed by atoms with Gasteiger partial charge in [-0.2, -0.15) is 14.6 Å². The highest BCUT2D eigenvalue weighted by atomic mass is 32.1. The lowest BCUT2D eigenvalue weighted by Gasteiger charge is -2.07. The Balaban J connectivity index is 1.87. The number of fused-ring (bicyclic) bond motifs is 1. The van der Waals surface area contributed by atoms with Crippen molar-refractivity contribution in [2.24, 2.45) is 0 Å². The number of hydrogen-bond donors (Lipinski definition) is 0. The Hall–Kier alpha value is -3.32. The summed E-state index contributed by atoms with van der Waals surface area (Å²) in [6, 6.07) is 16.5. The first-order valence-electron chi connectivity index (χ1n) is 8.90. The molecule has 0 aliphatic carbocycles. The molecule has 0 aliphatic rings. The Kier molecular flexibility index (Phi) is 4.99. The number of thiazole rings is 1. The third kappa shape index (κ3) is 3.44. The van der Waals surface area contributed by atoms with Crippen LogP contribution in [-0.2, 0) is 0 Å². The second-order valence-electron chi connectivity index (χ2n) is 6.13. The SMILES string of the molecule is CCCOc1ccccc1/C=c1/sc2nc(=O)c(-c3ccccc3)nn2c1=O. The molecule has 0 aliphatic heterocycles. The summed E-state index contributed by atoms with van der Waals surface area (Å²) in [5.41, 5.74) is 0.821. The molecule has 0 fully saturated rings. The second kappa shape index (κ2) is 7.74. The minimum atomic E-state index is -0.453. The van der Waals surface area contributed by atoms with Crippen molar-refractivity contribution < 1.29 is 4.74 Å². The van der Waals surface area contributed by atoms with Crippen LogP contribution in [0.1, 0.15) is 18.9 Å². The smallest absolute Gasteiger partial charge is 0.300 e. The van der Waals surface area contributed by atoms with Crippen LogP contribution in [-0.4, -0.2) is 21.2 Å². The van der Waals surface area contributed by atoms with Crippen LogP contribution in [0.5, 0.6) is 5.75 Å². The van der Waals surface area contributed by atoms with E-state index in [1.54, 1.807) is 18.2 Å². The Morgan fingerprint density at radius 2 is 1.82 bits per heavy atom. The molecule has 7 heteroatoms. The molecule has 4 aromatic rings. The van der Waals surface area contributed by atoms with Gasteiger partial charge in [-0.05, 0) is 18.6 Å². The van der Waals surface area contributed by atoms with Crippen LogP contribution in [0.3, 0.4) is 0 Å². The molecule has 0 amide bonds. The van der Waals surface area contributed by atoms with E-state index in [0.717, 1.165) is 23.3 Å². The van der Waals surface area contributed by atoms with E-state index in [1.807, 2.05) is 49.4 Å². The van der Waals surface area contributed by atoms with Gasteiger partial charge in [-0.3, -0.25) is 9.59 Å². The third-order valence-electron chi connectivity index (χ3n) is 4.10. The summed E-state index contributed by atoms with van der Waals surface area (Å²) in [5.74, 6) is 0.710. The van der Waals surface area contributed by atoms with E-state index < -0.39 is 5.56 Å². The largest absolute Gasteiger partial charge is 0.493 e. The molecule has 4 rings (SSSR count). The molecule has 0 N–H and O–H groups in total. The van der Waals surface area contributed by atoms with Gasteiger partial charge in [0.05, 0.1) is 11.1 Å². The first kappa shape index (κ1) is 18.1. The Morgan fingerprint density at radius 1 is 1.07 bits per heavy atom. The van der Waals surface area contributed by atoms with E-state index in [1.165, 1.54) is 4.52 Å². The molecule has 6 nitrogen and oxygen atoms in total. The van der Waals surface area contributed by atoms with Crippen molar-refractivity contribution in [3.63, 3.8) is 0 Å². The van der Waals surface area contributed by atoms with Crippen molar-refractivity contribution >= 4 is 22.4 Å². The Morgan fingerprint density at radius 3 is 2.61 bits per heavy atom. The number of aromatic nitrogens is 3. The molecule has 140 valence electrons. The zero-order valence-corrected chi connectivity index (χ0v) is 16.0. The fourth-order valence-corrected chi connectivity index (χ4v) is 3.67. The van der Waals surface area contributed by atoms with Crippen molar-refractivity contribution in [2.45, 2.75) is 13.3 Å². The van der Waals surface area contributed by atoms with Gasteiger partial charge in [0.2, 0.25) is 4.96 Å². The average Bonchev–Trinajstić information content (AvgIpc) is 3.02. The highest BCUT2D eigenvalue weighted by Crippen LogP contribution is 2.19. The van der Waals surface area contributed by atoms with Crippen LogP contribution < -0.4 is 20.4 Å². The monoisotopic (exact) mass is 391 g/mol. The molecule has 0 unspecified atom stereocenters. The van der Waals surface area contributed by atoms with Crippen molar-refractivity contribution in [2.75, 3.05) is 6.61 Å². The molecular weight excluding hydrogens is 374 g/mol. The normalized spacial score (nSPS) is 11.8. The summed E-state index contributed by atoms with van der Waals surface area (Å²) in [5, 5.41) is 4.27. The lowest BCUT2D eigenvalue weighted by Crippen LogP contribution is -2.26. The Bertz CT molecular complexity index is 1300. The van der Waals surface area contributed by atoms with Crippen molar-refractivity contribution in [3.8, 4) is 17.0 Å². The molecule has 0 bridgehead atoms. The topological polar surface area (TPSA) is 73.6 Å². The minimum absolute atomic E-state index is 0.159. The summed E-state index contributed by atoms with van der Waals surface area (Å²) in [6.45, 7) is 2.63. The highest BCUT2D eigenvalue weighted by molar-refractivity contribution is 7.15. The molecule has 0 saturated heterocycles. The fourth-order valence-electron chi connectivity index (χ4n) is 2.77. The number of benzene rings is 2. The van der Waals surface area contributed by atoms with E-state index in [2.05, 4.69) is 10.1 Å². The molecule has 2 heterocycles. The van der Waals surface area contributed by atoms with Gasteiger partial charge >= 0.3 is 5.56 Å². The summed E-state index contributed by atoms with van der Waals surface area (Å²) in [7, 11) is 0. The van der Waals surface area contributed by atoms with Crippen LogP contribution in [0.2, 0.25) is 0 Å². The predicted molar refractivity (Wildman–Crippen MR) is 110 cm³/mol. The maximum Gasteiger partial charge on any atom is 0.300 e. The maximum atomic E-state index is 12.8. The van der Waals surface area contributed by atoms with Gasteiger partial charge in [0.1, 0.15) is 5.75 Å². The van der Waals surface area contributed by atoms with Gasteiger partial charge in [-0.25, -0.2) is 0 Å². The van der Waals surface area contributed by atoms with Crippen LogP contribution in [0, 0.1) is 0 Å². The maximum absolute atomic E-state index is 12.8. The molecular formula is C21H17N3O3S. The number of para-hydroxylation sites is 1. The Labute approximate surface area is 164 Å². The zero-order chi connectivity index (χ0) is 19.5. The summed E-state index contributed by atoms with van der Waals surface area (Å²) in [6.07, 6.45) is 2.64. The highest BCUT2D eigenvalue weighted by Gasteiger charge is 2.12. The van der Waals surface area contributed by atoms with Crippen molar-refractivity contribution in [1.29, 1.82) is 0 Å².